The van der Waals surface area contributed by atoms with E-state index in [0.29, 0.717) is 11.3 Å². The van der Waals surface area contributed by atoms with Crippen molar-refractivity contribution < 1.29 is 19.1 Å². The van der Waals surface area contributed by atoms with Gasteiger partial charge in [-0.15, -0.1) is 0 Å². The van der Waals surface area contributed by atoms with E-state index in [4.69, 9.17) is 10.5 Å². The quantitative estimate of drug-likeness (QED) is 0.590. The van der Waals surface area contributed by atoms with Crippen LogP contribution in [0.4, 0.5) is 0 Å². The normalized spacial score (nSPS) is 11.7. The standard InChI is InChI=1S/C20H20N2O4/c1-14(23)26-17-12-10-16(11-13-17)20(25)22-18(19(21)24)9-5-8-15-6-3-2-4-7-15/h2-8,10-13,18H,9H2,1H3,(H2,21,24)(H,22,25)/b8-5+/t18-/m0/s1. The van der Waals surface area contributed by atoms with Crippen LogP contribution in [0, 0.1) is 0 Å². The average molecular weight is 352 g/mol. The third kappa shape index (κ3) is 5.90. The maximum absolute atomic E-state index is 12.3. The average Bonchev–Trinajstić information content (AvgIpc) is 2.61. The van der Waals surface area contributed by atoms with Crippen LogP contribution in [0.5, 0.6) is 5.75 Å². The summed E-state index contributed by atoms with van der Waals surface area (Å²) < 4.78 is 4.91. The van der Waals surface area contributed by atoms with E-state index in [9.17, 15) is 14.4 Å². The van der Waals surface area contributed by atoms with Crippen LogP contribution in [0.25, 0.3) is 6.08 Å². The molecule has 1 atom stereocenters. The summed E-state index contributed by atoms with van der Waals surface area (Å²) in [6.07, 6.45) is 3.92. The van der Waals surface area contributed by atoms with Gasteiger partial charge in [0.2, 0.25) is 5.91 Å². The van der Waals surface area contributed by atoms with Crippen molar-refractivity contribution in [3.8, 4) is 5.75 Å². The van der Waals surface area contributed by atoms with Gasteiger partial charge in [-0.3, -0.25) is 14.4 Å². The molecule has 0 heterocycles. The minimum atomic E-state index is -0.824. The SMILES string of the molecule is CC(=O)Oc1ccc(C(=O)N[C@@H](C/C=C/c2ccccc2)C(N)=O)cc1. The smallest absolute Gasteiger partial charge is 0.308 e. The molecule has 0 aliphatic rings. The monoisotopic (exact) mass is 352 g/mol. The Morgan fingerprint density at radius 3 is 2.31 bits per heavy atom. The molecule has 6 heteroatoms. The van der Waals surface area contributed by atoms with Crippen molar-refractivity contribution in [2.45, 2.75) is 19.4 Å². The molecular weight excluding hydrogens is 332 g/mol. The fraction of sp³-hybridized carbons (Fsp3) is 0.150. The Kier molecular flexibility index (Phi) is 6.68. The molecule has 134 valence electrons. The molecule has 3 N–H and O–H groups in total. The van der Waals surface area contributed by atoms with Crippen molar-refractivity contribution in [1.82, 2.24) is 5.32 Å². The van der Waals surface area contributed by atoms with Gasteiger partial charge in [0.05, 0.1) is 0 Å². The summed E-state index contributed by atoms with van der Waals surface area (Å²) in [5.74, 6) is -1.16. The highest BCUT2D eigenvalue weighted by molar-refractivity contribution is 5.97. The number of nitrogens with two attached hydrogens (primary N) is 1. The Labute approximate surface area is 151 Å². The second-order valence-electron chi connectivity index (χ2n) is 5.60. The molecule has 0 saturated heterocycles. The maximum atomic E-state index is 12.3. The fourth-order valence-electron chi connectivity index (χ4n) is 2.23. The van der Waals surface area contributed by atoms with Crippen LogP contribution in [-0.2, 0) is 9.59 Å². The molecule has 0 saturated carbocycles. The van der Waals surface area contributed by atoms with Crippen LogP contribution in [0.15, 0.2) is 60.7 Å². The summed E-state index contributed by atoms with van der Waals surface area (Å²) in [5, 5.41) is 2.61. The molecule has 0 unspecified atom stereocenters. The van der Waals surface area contributed by atoms with Gasteiger partial charge in [0.25, 0.3) is 5.91 Å². The minimum absolute atomic E-state index is 0.279. The minimum Gasteiger partial charge on any atom is -0.427 e. The number of benzene rings is 2. The van der Waals surface area contributed by atoms with E-state index in [-0.39, 0.29) is 6.42 Å². The topological polar surface area (TPSA) is 98.5 Å². The zero-order valence-corrected chi connectivity index (χ0v) is 14.3. The lowest BCUT2D eigenvalue weighted by Crippen LogP contribution is -2.44. The van der Waals surface area contributed by atoms with Crippen molar-refractivity contribution in [1.29, 1.82) is 0 Å². The van der Waals surface area contributed by atoms with E-state index in [0.717, 1.165) is 5.56 Å². The third-order valence-corrected chi connectivity index (χ3v) is 3.51. The molecule has 0 aromatic heterocycles. The van der Waals surface area contributed by atoms with E-state index in [2.05, 4.69) is 5.32 Å². The number of ether oxygens (including phenoxy) is 1. The number of hydrogen-bond donors (Lipinski definition) is 2. The third-order valence-electron chi connectivity index (χ3n) is 3.51. The highest BCUT2D eigenvalue weighted by Crippen LogP contribution is 2.13. The summed E-state index contributed by atoms with van der Waals surface area (Å²) in [6.45, 7) is 1.29. The Morgan fingerprint density at radius 2 is 1.73 bits per heavy atom. The molecule has 2 aromatic rings. The second kappa shape index (κ2) is 9.17. The zero-order chi connectivity index (χ0) is 18.9. The maximum Gasteiger partial charge on any atom is 0.308 e. The molecule has 0 spiro atoms. The molecule has 0 radical (unpaired) electrons. The lowest BCUT2D eigenvalue weighted by molar-refractivity contribution is -0.131. The number of nitrogens with one attached hydrogen (secondary N) is 1. The van der Waals surface area contributed by atoms with E-state index in [1.54, 1.807) is 6.08 Å². The van der Waals surface area contributed by atoms with E-state index in [1.165, 1.54) is 31.2 Å². The molecule has 2 aromatic carbocycles. The van der Waals surface area contributed by atoms with Crippen molar-refractivity contribution >= 4 is 23.9 Å². The van der Waals surface area contributed by atoms with Gasteiger partial charge in [0.1, 0.15) is 11.8 Å². The van der Waals surface area contributed by atoms with Crippen molar-refractivity contribution in [2.75, 3.05) is 0 Å². The first-order valence-corrected chi connectivity index (χ1v) is 8.06. The van der Waals surface area contributed by atoms with Gasteiger partial charge in [-0.05, 0) is 36.2 Å². The van der Waals surface area contributed by atoms with Crippen LogP contribution < -0.4 is 15.8 Å². The Hall–Kier alpha value is -3.41. The van der Waals surface area contributed by atoms with Crippen LogP contribution in [0.3, 0.4) is 0 Å². The molecule has 0 aliphatic heterocycles. The molecule has 0 bridgehead atoms. The summed E-state index contributed by atoms with van der Waals surface area (Å²) in [4.78, 5) is 34.8. The van der Waals surface area contributed by atoms with Gasteiger partial charge in [0.15, 0.2) is 0 Å². The van der Waals surface area contributed by atoms with Gasteiger partial charge in [0, 0.05) is 12.5 Å². The summed E-state index contributed by atoms with van der Waals surface area (Å²) in [7, 11) is 0. The zero-order valence-electron chi connectivity index (χ0n) is 14.3. The lowest BCUT2D eigenvalue weighted by atomic mass is 10.1. The molecule has 6 nitrogen and oxygen atoms in total. The lowest BCUT2D eigenvalue weighted by Gasteiger charge is -2.14. The predicted molar refractivity (Wildman–Crippen MR) is 98.3 cm³/mol. The number of carbonyl (C=O) groups is 3. The van der Waals surface area contributed by atoms with Gasteiger partial charge >= 0.3 is 5.97 Å². The van der Waals surface area contributed by atoms with Gasteiger partial charge in [-0.25, -0.2) is 0 Å². The van der Waals surface area contributed by atoms with Gasteiger partial charge in [-0.1, -0.05) is 42.5 Å². The molecule has 0 aliphatic carbocycles. The predicted octanol–water partition coefficient (Wildman–Crippen LogP) is 2.30. The highest BCUT2D eigenvalue weighted by atomic mass is 16.5. The molecule has 2 amide bonds. The second-order valence-corrected chi connectivity index (χ2v) is 5.60. The molecule has 2 rings (SSSR count). The first-order valence-electron chi connectivity index (χ1n) is 8.06. The summed E-state index contributed by atoms with van der Waals surface area (Å²) in [6, 6.07) is 14.8. The van der Waals surface area contributed by atoms with Crippen molar-refractivity contribution in [3.05, 3.63) is 71.8 Å². The van der Waals surface area contributed by atoms with Crippen LogP contribution in [-0.4, -0.2) is 23.8 Å². The van der Waals surface area contributed by atoms with Crippen LogP contribution in [0.2, 0.25) is 0 Å². The first-order chi connectivity index (χ1) is 12.5. The Bertz CT molecular complexity index is 798. The van der Waals surface area contributed by atoms with E-state index in [1.807, 2.05) is 36.4 Å². The Morgan fingerprint density at radius 1 is 1.08 bits per heavy atom. The van der Waals surface area contributed by atoms with Gasteiger partial charge < -0.3 is 15.8 Å². The number of rotatable bonds is 7. The summed E-state index contributed by atoms with van der Waals surface area (Å²) in [5.41, 5.74) is 6.70. The molecule has 0 fully saturated rings. The number of amides is 2. The van der Waals surface area contributed by atoms with Crippen LogP contribution >= 0.6 is 0 Å². The molecule has 26 heavy (non-hydrogen) atoms. The van der Waals surface area contributed by atoms with Crippen LogP contribution in [0.1, 0.15) is 29.3 Å². The number of carbonyl (C=O) groups excluding carboxylic acids is 3. The first kappa shape index (κ1) is 18.9. The highest BCUT2D eigenvalue weighted by Gasteiger charge is 2.17. The Balaban J connectivity index is 1.98. The number of esters is 1. The number of primary amides is 1. The molecular formula is C20H20N2O4. The van der Waals surface area contributed by atoms with Gasteiger partial charge in [-0.2, -0.15) is 0 Å². The van der Waals surface area contributed by atoms with E-state index >= 15 is 0 Å². The van der Waals surface area contributed by atoms with Crippen molar-refractivity contribution in [3.63, 3.8) is 0 Å². The largest absolute Gasteiger partial charge is 0.427 e. The summed E-state index contributed by atoms with van der Waals surface area (Å²) >= 11 is 0. The van der Waals surface area contributed by atoms with Crippen molar-refractivity contribution in [2.24, 2.45) is 5.73 Å². The number of hydrogen-bond acceptors (Lipinski definition) is 4. The fourth-order valence-corrected chi connectivity index (χ4v) is 2.23. The van der Waals surface area contributed by atoms with E-state index < -0.39 is 23.8 Å².